The Balaban J connectivity index is 3.56. The highest BCUT2D eigenvalue weighted by atomic mass is 32.2. The van der Waals surface area contributed by atoms with Gasteiger partial charge in [0.1, 0.15) is 0 Å². The van der Waals surface area contributed by atoms with Gasteiger partial charge in [-0.25, -0.2) is 0 Å². The van der Waals surface area contributed by atoms with Gasteiger partial charge in [0.05, 0.1) is 6.61 Å². The molecule has 23 heavy (non-hydrogen) atoms. The van der Waals surface area contributed by atoms with E-state index in [2.05, 4.69) is 40.0 Å². The van der Waals surface area contributed by atoms with Crippen LogP contribution in [0.25, 0.3) is 0 Å². The van der Waals surface area contributed by atoms with Gasteiger partial charge in [0.15, 0.2) is 0 Å². The molecule has 0 aromatic rings. The second-order valence-corrected chi connectivity index (χ2v) is 8.89. The van der Waals surface area contributed by atoms with E-state index in [-0.39, 0.29) is 6.61 Å². The van der Waals surface area contributed by atoms with Crippen molar-refractivity contribution in [3.63, 3.8) is 0 Å². The Bertz CT molecular complexity index is 286. The zero-order valence-corrected chi connectivity index (χ0v) is 17.3. The number of hydrogen-bond donors (Lipinski definition) is 1. The summed E-state index contributed by atoms with van der Waals surface area (Å²) in [4.78, 5) is 0. The molecular weight excluding hydrogens is 300 g/mol. The predicted octanol–water partition coefficient (Wildman–Crippen LogP) is 7.05. The van der Waals surface area contributed by atoms with Crippen molar-refractivity contribution in [2.75, 3.05) is 12.4 Å². The highest BCUT2D eigenvalue weighted by Crippen LogP contribution is 2.22. The fraction of sp³-hybridized carbons (Fsp3) is 0.905. The van der Waals surface area contributed by atoms with E-state index in [1.54, 1.807) is 11.8 Å². The molecule has 2 atom stereocenters. The zero-order valence-electron chi connectivity index (χ0n) is 16.4. The summed E-state index contributed by atoms with van der Waals surface area (Å²) in [6.45, 7) is 12.0. The minimum atomic E-state index is 0.279. The van der Waals surface area contributed by atoms with E-state index >= 15 is 0 Å². The second-order valence-electron chi connectivity index (χ2n) is 7.92. The molecule has 0 aliphatic heterocycles. The van der Waals surface area contributed by atoms with E-state index < -0.39 is 0 Å². The molecule has 0 heterocycles. The summed E-state index contributed by atoms with van der Waals surface area (Å²) in [6.07, 6.45) is 12.3. The molecule has 2 unspecified atom stereocenters. The van der Waals surface area contributed by atoms with E-state index in [1.165, 1.54) is 63.4 Å². The Morgan fingerprint density at radius 2 is 1.39 bits per heavy atom. The quantitative estimate of drug-likeness (QED) is 0.322. The van der Waals surface area contributed by atoms with Crippen LogP contribution < -0.4 is 0 Å². The fourth-order valence-corrected chi connectivity index (χ4v) is 3.65. The van der Waals surface area contributed by atoms with Crippen LogP contribution in [0.3, 0.4) is 0 Å². The molecule has 0 rings (SSSR count). The third kappa shape index (κ3) is 16.7. The molecule has 0 aromatic carbocycles. The summed E-state index contributed by atoms with van der Waals surface area (Å²) in [5, 5.41) is 11.0. The maximum atomic E-state index is 8.77. The zero-order chi connectivity index (χ0) is 17.5. The molecule has 0 fully saturated rings. The van der Waals surface area contributed by atoms with E-state index in [0.29, 0.717) is 0 Å². The Labute approximate surface area is 150 Å². The van der Waals surface area contributed by atoms with Gasteiger partial charge in [-0.15, -0.1) is 11.8 Å². The van der Waals surface area contributed by atoms with Gasteiger partial charge in [0.2, 0.25) is 0 Å². The molecule has 1 nitrogen and oxygen atoms in total. The van der Waals surface area contributed by atoms with Crippen LogP contribution in [-0.4, -0.2) is 17.5 Å². The van der Waals surface area contributed by atoms with Crippen molar-refractivity contribution in [2.45, 2.75) is 92.4 Å². The smallest absolute Gasteiger partial charge is 0.0525 e. The molecule has 0 saturated carbocycles. The average Bonchev–Trinajstić information content (AvgIpc) is 2.47. The van der Waals surface area contributed by atoms with Crippen molar-refractivity contribution >= 4 is 11.8 Å². The second kappa shape index (κ2) is 15.6. The monoisotopic (exact) mass is 342 g/mol. The number of hydrogen-bond acceptors (Lipinski definition) is 2. The van der Waals surface area contributed by atoms with Crippen molar-refractivity contribution in [3.05, 3.63) is 11.0 Å². The SMILES string of the molecule is C/C(=C\SCCO)CCCC(C)CCCC(C)CCCC(C)C. The van der Waals surface area contributed by atoms with Crippen LogP contribution in [0.1, 0.15) is 92.4 Å². The molecule has 0 radical (unpaired) electrons. The van der Waals surface area contributed by atoms with Crippen molar-refractivity contribution in [1.29, 1.82) is 0 Å². The van der Waals surface area contributed by atoms with Gasteiger partial charge < -0.3 is 5.11 Å². The van der Waals surface area contributed by atoms with Crippen LogP contribution in [0, 0.1) is 17.8 Å². The van der Waals surface area contributed by atoms with Crippen LogP contribution in [0.5, 0.6) is 0 Å². The van der Waals surface area contributed by atoms with Crippen LogP contribution in [0.15, 0.2) is 11.0 Å². The summed E-state index contributed by atoms with van der Waals surface area (Å²) in [5.41, 5.74) is 1.47. The topological polar surface area (TPSA) is 20.2 Å². The minimum Gasteiger partial charge on any atom is -0.396 e. The number of aliphatic hydroxyl groups is 1. The van der Waals surface area contributed by atoms with Crippen LogP contribution in [0.4, 0.5) is 0 Å². The van der Waals surface area contributed by atoms with Gasteiger partial charge in [-0.05, 0) is 42.9 Å². The number of thioether (sulfide) groups is 1. The number of allylic oxidation sites excluding steroid dienone is 1. The van der Waals surface area contributed by atoms with Gasteiger partial charge in [0, 0.05) is 5.75 Å². The summed E-state index contributed by atoms with van der Waals surface area (Å²) in [6, 6.07) is 0. The maximum Gasteiger partial charge on any atom is 0.0525 e. The van der Waals surface area contributed by atoms with Crippen LogP contribution >= 0.6 is 11.8 Å². The van der Waals surface area contributed by atoms with Crippen LogP contribution in [0.2, 0.25) is 0 Å². The summed E-state index contributed by atoms with van der Waals surface area (Å²) >= 11 is 1.73. The lowest BCUT2D eigenvalue weighted by molar-refractivity contribution is 0.322. The first-order chi connectivity index (χ1) is 11.0. The molecule has 0 saturated heterocycles. The van der Waals surface area contributed by atoms with Crippen molar-refractivity contribution < 1.29 is 5.11 Å². The molecule has 0 aromatic heterocycles. The molecule has 138 valence electrons. The van der Waals surface area contributed by atoms with Crippen LogP contribution in [-0.2, 0) is 0 Å². The first-order valence-corrected chi connectivity index (χ1v) is 10.9. The first kappa shape index (κ1) is 23.1. The molecule has 0 aliphatic rings. The summed E-state index contributed by atoms with van der Waals surface area (Å²) < 4.78 is 0. The Morgan fingerprint density at radius 3 is 1.91 bits per heavy atom. The van der Waals surface area contributed by atoms with E-state index in [0.717, 1.165) is 23.5 Å². The highest BCUT2D eigenvalue weighted by molar-refractivity contribution is 8.02. The minimum absolute atomic E-state index is 0.279. The number of rotatable bonds is 15. The lowest BCUT2D eigenvalue weighted by Crippen LogP contribution is -2.00. The Hall–Kier alpha value is 0.0500. The van der Waals surface area contributed by atoms with E-state index in [9.17, 15) is 0 Å². The third-order valence-electron chi connectivity index (χ3n) is 4.63. The first-order valence-electron chi connectivity index (χ1n) is 9.83. The van der Waals surface area contributed by atoms with Gasteiger partial charge >= 0.3 is 0 Å². The molecule has 0 amide bonds. The van der Waals surface area contributed by atoms with Gasteiger partial charge in [-0.1, -0.05) is 78.2 Å². The molecular formula is C21H42OS. The Morgan fingerprint density at radius 1 is 0.870 bits per heavy atom. The van der Waals surface area contributed by atoms with Gasteiger partial charge in [-0.2, -0.15) is 0 Å². The van der Waals surface area contributed by atoms with Gasteiger partial charge in [-0.3, -0.25) is 0 Å². The molecule has 0 aliphatic carbocycles. The molecule has 0 bridgehead atoms. The Kier molecular flexibility index (Phi) is 15.6. The lowest BCUT2D eigenvalue weighted by Gasteiger charge is -2.15. The van der Waals surface area contributed by atoms with Crippen molar-refractivity contribution in [3.8, 4) is 0 Å². The number of aliphatic hydroxyl groups excluding tert-OH is 1. The highest BCUT2D eigenvalue weighted by Gasteiger charge is 2.06. The molecule has 1 N–H and O–H groups in total. The van der Waals surface area contributed by atoms with Crippen molar-refractivity contribution in [2.24, 2.45) is 17.8 Å². The molecule has 0 spiro atoms. The average molecular weight is 343 g/mol. The standard InChI is InChI=1S/C21H42OS/c1-18(2)9-6-10-19(3)11-7-12-20(4)13-8-14-21(5)17-23-16-15-22/h17-20,22H,6-16H2,1-5H3/b21-17+. The van der Waals surface area contributed by atoms with Crippen molar-refractivity contribution in [1.82, 2.24) is 0 Å². The van der Waals surface area contributed by atoms with E-state index in [1.807, 2.05) is 0 Å². The predicted molar refractivity (Wildman–Crippen MR) is 108 cm³/mol. The normalized spacial score (nSPS) is 15.2. The summed E-state index contributed by atoms with van der Waals surface area (Å²) in [5.74, 6) is 3.47. The summed E-state index contributed by atoms with van der Waals surface area (Å²) in [7, 11) is 0. The third-order valence-corrected chi connectivity index (χ3v) is 5.62. The largest absolute Gasteiger partial charge is 0.396 e. The molecule has 2 heteroatoms. The van der Waals surface area contributed by atoms with E-state index in [4.69, 9.17) is 5.11 Å². The van der Waals surface area contributed by atoms with Gasteiger partial charge in [0.25, 0.3) is 0 Å². The maximum absolute atomic E-state index is 8.77. The lowest BCUT2D eigenvalue weighted by atomic mass is 9.91. The fourth-order valence-electron chi connectivity index (χ4n) is 3.02.